The second-order valence-corrected chi connectivity index (χ2v) is 20.2. The number of hydrogen-bond donors (Lipinski definition) is 0. The lowest BCUT2D eigenvalue weighted by Crippen LogP contribution is -2.43. The van der Waals surface area contributed by atoms with Crippen molar-refractivity contribution in [3.63, 3.8) is 0 Å². The third-order valence-corrected chi connectivity index (χ3v) is 16.9. The summed E-state index contributed by atoms with van der Waals surface area (Å²) in [6.45, 7) is 0. The zero-order chi connectivity index (χ0) is 47.1. The summed E-state index contributed by atoms with van der Waals surface area (Å²) in [5.74, 6) is 0. The Morgan fingerprint density at radius 3 is 1.01 bits per heavy atom. The zero-order valence-corrected chi connectivity index (χ0v) is 39.4. The van der Waals surface area contributed by atoms with E-state index in [2.05, 4.69) is 267 Å². The van der Waals surface area contributed by atoms with Gasteiger partial charge in [0.15, 0.2) is 0 Å². The highest BCUT2D eigenvalue weighted by atomic mass is 14.6. The van der Waals surface area contributed by atoms with Gasteiger partial charge in [-0.1, -0.05) is 243 Å². The van der Waals surface area contributed by atoms with Crippen molar-refractivity contribution in [2.75, 3.05) is 0 Å². The first-order chi connectivity index (χ1) is 35.7. The molecular weight excluding hydrogens is 865 g/mol. The van der Waals surface area contributed by atoms with Gasteiger partial charge < -0.3 is 0 Å². The second-order valence-electron chi connectivity index (χ2n) is 20.2. The monoisotopic (exact) mass is 908 g/mol. The Morgan fingerprint density at radius 1 is 0.181 bits per heavy atom. The Morgan fingerprint density at radius 2 is 0.514 bits per heavy atom. The van der Waals surface area contributed by atoms with E-state index >= 15 is 0 Å². The molecule has 3 aliphatic carbocycles. The minimum atomic E-state index is -0.570. The number of fused-ring (bicyclic) bond motifs is 20. The molecule has 0 heteroatoms. The predicted octanol–water partition coefficient (Wildman–Crippen LogP) is 18.3. The molecule has 0 nitrogen and oxygen atoms in total. The van der Waals surface area contributed by atoms with Gasteiger partial charge in [-0.05, 0) is 167 Å². The number of rotatable bonds is 3. The average molecular weight is 909 g/mol. The maximum absolute atomic E-state index is 2.59. The average Bonchev–Trinajstić information content (AvgIpc) is 3.92. The van der Waals surface area contributed by atoms with Gasteiger partial charge in [-0.15, -0.1) is 0 Å². The normalized spacial score (nSPS) is 14.1. The van der Waals surface area contributed by atoms with Gasteiger partial charge in [0, 0.05) is 0 Å². The highest BCUT2D eigenvalue weighted by Gasteiger charge is 2.59. The summed E-state index contributed by atoms with van der Waals surface area (Å²) >= 11 is 0. The molecule has 16 rings (SSSR count). The van der Waals surface area contributed by atoms with E-state index in [4.69, 9.17) is 0 Å². The van der Waals surface area contributed by atoms with Gasteiger partial charge in [0.25, 0.3) is 0 Å². The van der Waals surface area contributed by atoms with Crippen molar-refractivity contribution in [3.8, 4) is 55.6 Å². The number of benzene rings is 13. The van der Waals surface area contributed by atoms with Crippen molar-refractivity contribution in [3.05, 3.63) is 311 Å². The molecule has 0 bridgehead atoms. The first-order valence-electron chi connectivity index (χ1n) is 25.3. The summed E-state index contributed by atoms with van der Waals surface area (Å²) in [4.78, 5) is 0. The summed E-state index contributed by atoms with van der Waals surface area (Å²) in [6.07, 6.45) is 0. The first-order valence-corrected chi connectivity index (χ1v) is 25.3. The molecule has 0 radical (unpaired) electrons. The van der Waals surface area contributed by atoms with Crippen molar-refractivity contribution in [1.82, 2.24) is 0 Å². The van der Waals surface area contributed by atoms with E-state index in [0.29, 0.717) is 0 Å². The molecule has 2 spiro atoms. The standard InChI is InChI=1S/C72H44/c1-3-19-47-41-51(35-33-45(47)17-1)69-57-25-5-6-26-58(57)70(52-36-34-46-18-2-4-20-48(46)42-52)60-43-49(37-39-59(60)69)50-38-40-67-68(44-50)72(63-29-13-9-23-55(63)56-24-10-14-30-64(56)72)66-32-16-15-31-65(66)71(67)61-27-11-7-21-53(61)54-22-8-12-28-62(54)71/h1-44H. The lowest BCUT2D eigenvalue weighted by Gasteiger charge is -2.49. The lowest BCUT2D eigenvalue weighted by molar-refractivity contribution is 0.633. The smallest absolute Gasteiger partial charge is 0.0619 e. The Kier molecular flexibility index (Phi) is 8.12. The SMILES string of the molecule is c1ccc2c(c1)-c1ccccc1C21c2ccccc2C2(c3ccccc3-c3ccccc32)c2cc(-c3ccc4c(-c5ccc6ccccc6c5)c5ccccc5c(-c5ccc6ccccc6c5)c4c3)ccc21. The van der Waals surface area contributed by atoms with E-state index in [1.165, 1.54) is 143 Å². The molecular formula is C72H44. The fourth-order valence-corrected chi connectivity index (χ4v) is 14.1. The molecule has 332 valence electrons. The highest BCUT2D eigenvalue weighted by molar-refractivity contribution is 6.22. The van der Waals surface area contributed by atoms with E-state index in [0.717, 1.165) is 0 Å². The zero-order valence-electron chi connectivity index (χ0n) is 39.4. The van der Waals surface area contributed by atoms with Crippen molar-refractivity contribution in [1.29, 1.82) is 0 Å². The van der Waals surface area contributed by atoms with Crippen LogP contribution in [0.5, 0.6) is 0 Å². The Bertz CT molecular complexity index is 4380. The molecule has 0 fully saturated rings. The van der Waals surface area contributed by atoms with Gasteiger partial charge in [0.1, 0.15) is 0 Å². The van der Waals surface area contributed by atoms with E-state index in [1.54, 1.807) is 0 Å². The van der Waals surface area contributed by atoms with Crippen LogP contribution < -0.4 is 0 Å². The van der Waals surface area contributed by atoms with E-state index in [9.17, 15) is 0 Å². The van der Waals surface area contributed by atoms with Crippen LogP contribution in [-0.2, 0) is 10.8 Å². The van der Waals surface area contributed by atoms with E-state index in [-0.39, 0.29) is 0 Å². The van der Waals surface area contributed by atoms with Crippen LogP contribution in [0.1, 0.15) is 44.5 Å². The topological polar surface area (TPSA) is 0 Å². The third kappa shape index (κ3) is 5.10. The fourth-order valence-electron chi connectivity index (χ4n) is 14.1. The summed E-state index contributed by atoms with van der Waals surface area (Å²) < 4.78 is 0. The van der Waals surface area contributed by atoms with Gasteiger partial charge in [0.05, 0.1) is 10.8 Å². The molecule has 0 saturated heterocycles. The molecule has 0 unspecified atom stereocenters. The van der Waals surface area contributed by atoms with Crippen LogP contribution in [0.4, 0.5) is 0 Å². The minimum absolute atomic E-state index is 0.532. The van der Waals surface area contributed by atoms with Crippen LogP contribution in [0.15, 0.2) is 267 Å². The predicted molar refractivity (Wildman–Crippen MR) is 301 cm³/mol. The molecule has 0 atom stereocenters. The van der Waals surface area contributed by atoms with Crippen LogP contribution in [0.2, 0.25) is 0 Å². The third-order valence-electron chi connectivity index (χ3n) is 16.9. The Labute approximate surface area is 418 Å². The Balaban J connectivity index is 1.03. The van der Waals surface area contributed by atoms with Gasteiger partial charge in [-0.2, -0.15) is 0 Å². The molecule has 72 heavy (non-hydrogen) atoms. The Hall–Kier alpha value is -9.10. The van der Waals surface area contributed by atoms with Gasteiger partial charge in [-0.3, -0.25) is 0 Å². The summed E-state index contributed by atoms with van der Waals surface area (Å²) in [6, 6.07) is 102. The quantitative estimate of drug-likeness (QED) is 0.155. The molecule has 0 N–H and O–H groups in total. The molecule has 13 aromatic carbocycles. The summed E-state index contributed by atoms with van der Waals surface area (Å²) in [7, 11) is 0. The minimum Gasteiger partial charge on any atom is -0.0619 e. The van der Waals surface area contributed by atoms with Crippen molar-refractivity contribution in [2.24, 2.45) is 0 Å². The van der Waals surface area contributed by atoms with Gasteiger partial charge in [0.2, 0.25) is 0 Å². The van der Waals surface area contributed by atoms with Crippen LogP contribution in [0.3, 0.4) is 0 Å². The van der Waals surface area contributed by atoms with Crippen molar-refractivity contribution in [2.45, 2.75) is 10.8 Å². The fraction of sp³-hybridized carbons (Fsp3) is 0.0278. The van der Waals surface area contributed by atoms with Crippen molar-refractivity contribution >= 4 is 43.1 Å². The largest absolute Gasteiger partial charge is 0.0720 e. The van der Waals surface area contributed by atoms with Gasteiger partial charge >= 0.3 is 0 Å². The molecule has 0 aliphatic heterocycles. The molecule has 0 amide bonds. The highest BCUT2D eigenvalue weighted by Crippen LogP contribution is 2.67. The van der Waals surface area contributed by atoms with Crippen molar-refractivity contribution < 1.29 is 0 Å². The number of hydrogen-bond acceptors (Lipinski definition) is 0. The molecule has 0 aromatic heterocycles. The van der Waals surface area contributed by atoms with Crippen LogP contribution in [0.25, 0.3) is 98.7 Å². The van der Waals surface area contributed by atoms with Crippen LogP contribution >= 0.6 is 0 Å². The molecule has 13 aromatic rings. The lowest BCUT2D eigenvalue weighted by atomic mass is 9.52. The maximum atomic E-state index is 2.59. The summed E-state index contributed by atoms with van der Waals surface area (Å²) in [5.41, 5.74) is 22.3. The van der Waals surface area contributed by atoms with Crippen LogP contribution in [0, 0.1) is 0 Å². The molecule has 0 saturated carbocycles. The first kappa shape index (κ1) is 39.7. The van der Waals surface area contributed by atoms with E-state index < -0.39 is 10.8 Å². The second kappa shape index (κ2) is 14.7. The van der Waals surface area contributed by atoms with Gasteiger partial charge in [-0.25, -0.2) is 0 Å². The maximum Gasteiger partial charge on any atom is 0.0720 e. The molecule has 3 aliphatic rings. The van der Waals surface area contributed by atoms with Crippen LogP contribution in [-0.4, -0.2) is 0 Å². The summed E-state index contributed by atoms with van der Waals surface area (Å²) in [5, 5.41) is 9.97. The van der Waals surface area contributed by atoms with E-state index in [1.807, 2.05) is 0 Å². The molecule has 0 heterocycles.